The van der Waals surface area contributed by atoms with E-state index in [0.29, 0.717) is 0 Å². The second-order valence-corrected chi connectivity index (χ2v) is 15.3. The molecule has 264 valence electrons. The number of nitrogens with zero attached hydrogens (tertiary/aromatic N) is 3. The highest BCUT2D eigenvalue weighted by molar-refractivity contribution is 6.10. The summed E-state index contributed by atoms with van der Waals surface area (Å²) < 4.78 is 8.71. The summed E-state index contributed by atoms with van der Waals surface area (Å²) in [6.45, 7) is 0. The summed E-state index contributed by atoms with van der Waals surface area (Å²) in [6.07, 6.45) is 3.70. The summed E-state index contributed by atoms with van der Waals surface area (Å²) in [5, 5.41) is 4.52. The molecular formula is C53H31N3O. The molecule has 4 nitrogen and oxygen atoms in total. The topological polar surface area (TPSA) is 43.9 Å². The number of furan rings is 1. The Morgan fingerprint density at radius 1 is 0.386 bits per heavy atom. The zero-order chi connectivity index (χ0) is 37.2. The lowest BCUT2D eigenvalue weighted by atomic mass is 9.65. The first-order valence-corrected chi connectivity index (χ1v) is 19.5. The van der Waals surface area contributed by atoms with Gasteiger partial charge in [-0.1, -0.05) is 115 Å². The predicted octanol–water partition coefficient (Wildman–Crippen LogP) is 13.2. The van der Waals surface area contributed by atoms with Crippen molar-refractivity contribution in [2.24, 2.45) is 0 Å². The van der Waals surface area contributed by atoms with Crippen LogP contribution in [0, 0.1) is 0 Å². The average molecular weight is 726 g/mol. The number of pyridine rings is 2. The lowest BCUT2D eigenvalue weighted by molar-refractivity contribution is 0.668. The van der Waals surface area contributed by atoms with Crippen molar-refractivity contribution in [2.45, 2.75) is 5.41 Å². The van der Waals surface area contributed by atoms with Crippen molar-refractivity contribution < 1.29 is 4.42 Å². The first kappa shape index (κ1) is 30.7. The molecule has 7 aromatic carbocycles. The van der Waals surface area contributed by atoms with E-state index in [1.807, 2.05) is 36.7 Å². The molecule has 4 heteroatoms. The Morgan fingerprint density at radius 3 is 1.82 bits per heavy atom. The maximum absolute atomic E-state index is 6.55. The highest BCUT2D eigenvalue weighted by Gasteiger charge is 2.50. The maximum atomic E-state index is 6.55. The molecule has 0 radical (unpaired) electrons. The minimum absolute atomic E-state index is 0.623. The van der Waals surface area contributed by atoms with Crippen molar-refractivity contribution in [1.82, 2.24) is 14.5 Å². The molecule has 4 heterocycles. The van der Waals surface area contributed by atoms with Crippen LogP contribution in [0.25, 0.3) is 94.2 Å². The number of benzene rings is 7. The molecule has 0 N–H and O–H groups in total. The summed E-state index contributed by atoms with van der Waals surface area (Å²) in [6, 6.07) is 64.4. The van der Waals surface area contributed by atoms with E-state index in [4.69, 9.17) is 14.4 Å². The van der Waals surface area contributed by atoms with Gasteiger partial charge in [0.15, 0.2) is 0 Å². The first-order chi connectivity index (χ1) is 28.3. The summed E-state index contributed by atoms with van der Waals surface area (Å²) >= 11 is 0. The lowest BCUT2D eigenvalue weighted by Crippen LogP contribution is -2.29. The van der Waals surface area contributed by atoms with Crippen molar-refractivity contribution in [1.29, 1.82) is 0 Å². The molecule has 0 aliphatic heterocycles. The normalized spacial score (nSPS) is 15.1. The monoisotopic (exact) mass is 725 g/mol. The summed E-state index contributed by atoms with van der Waals surface area (Å²) in [5.41, 5.74) is 18.0. The van der Waals surface area contributed by atoms with Crippen molar-refractivity contribution >= 4 is 43.9 Å². The number of para-hydroxylation sites is 1. The van der Waals surface area contributed by atoms with Gasteiger partial charge in [-0.3, -0.25) is 4.57 Å². The van der Waals surface area contributed by atoms with E-state index in [2.05, 4.69) is 156 Å². The summed E-state index contributed by atoms with van der Waals surface area (Å²) in [4.78, 5) is 9.57. The van der Waals surface area contributed by atoms with E-state index in [-0.39, 0.29) is 0 Å². The Hall–Kier alpha value is -7.56. The molecule has 13 rings (SSSR count). The molecule has 0 saturated heterocycles. The van der Waals surface area contributed by atoms with Crippen molar-refractivity contribution in [3.63, 3.8) is 0 Å². The van der Waals surface area contributed by atoms with Crippen molar-refractivity contribution in [3.05, 3.63) is 211 Å². The van der Waals surface area contributed by atoms with E-state index in [9.17, 15) is 0 Å². The Morgan fingerprint density at radius 2 is 1.02 bits per heavy atom. The van der Waals surface area contributed by atoms with Gasteiger partial charge < -0.3 is 4.42 Å². The zero-order valence-electron chi connectivity index (χ0n) is 30.6. The van der Waals surface area contributed by atoms with Gasteiger partial charge >= 0.3 is 0 Å². The third kappa shape index (κ3) is 4.01. The minimum Gasteiger partial charge on any atom is -0.456 e. The van der Waals surface area contributed by atoms with Crippen LogP contribution in [-0.2, 0) is 5.41 Å². The molecular weight excluding hydrogens is 695 g/mol. The molecule has 2 aliphatic carbocycles. The highest BCUT2D eigenvalue weighted by atomic mass is 16.3. The van der Waals surface area contributed by atoms with Crippen LogP contribution in [0.15, 0.2) is 193 Å². The summed E-state index contributed by atoms with van der Waals surface area (Å²) in [7, 11) is 0. The lowest BCUT2D eigenvalue weighted by Gasteiger charge is -2.35. The predicted molar refractivity (Wildman–Crippen MR) is 231 cm³/mol. The van der Waals surface area contributed by atoms with Crippen LogP contribution in [0.4, 0.5) is 0 Å². The smallest absolute Gasteiger partial charge is 0.146 e. The van der Waals surface area contributed by atoms with Crippen LogP contribution < -0.4 is 0 Å². The van der Waals surface area contributed by atoms with Crippen LogP contribution in [0.3, 0.4) is 0 Å². The third-order valence-electron chi connectivity index (χ3n) is 12.5. The number of aromatic nitrogens is 3. The van der Waals surface area contributed by atoms with Gasteiger partial charge in [-0.15, -0.1) is 0 Å². The van der Waals surface area contributed by atoms with Crippen LogP contribution in [0.1, 0.15) is 22.3 Å². The Balaban J connectivity index is 1.15. The average Bonchev–Trinajstić information content (AvgIpc) is 3.89. The van der Waals surface area contributed by atoms with Crippen molar-refractivity contribution in [3.8, 4) is 50.3 Å². The van der Waals surface area contributed by atoms with Gasteiger partial charge in [0.25, 0.3) is 0 Å². The molecule has 0 bridgehead atoms. The van der Waals surface area contributed by atoms with Crippen LogP contribution in [-0.4, -0.2) is 14.5 Å². The minimum atomic E-state index is -0.623. The molecule has 1 spiro atoms. The molecule has 2 aliphatic rings. The van der Waals surface area contributed by atoms with E-state index >= 15 is 0 Å². The second-order valence-electron chi connectivity index (χ2n) is 15.3. The van der Waals surface area contributed by atoms with E-state index in [0.717, 1.165) is 60.8 Å². The number of hydrogen-bond donors (Lipinski definition) is 0. The first-order valence-electron chi connectivity index (χ1n) is 19.5. The van der Waals surface area contributed by atoms with E-state index in [1.165, 1.54) is 55.6 Å². The molecule has 11 aromatic rings. The molecule has 1 unspecified atom stereocenters. The van der Waals surface area contributed by atoms with E-state index < -0.39 is 5.41 Å². The van der Waals surface area contributed by atoms with Crippen molar-refractivity contribution in [2.75, 3.05) is 0 Å². The highest BCUT2D eigenvalue weighted by Crippen LogP contribution is 2.62. The molecule has 1 atom stereocenters. The van der Waals surface area contributed by atoms with Gasteiger partial charge in [0.1, 0.15) is 22.6 Å². The van der Waals surface area contributed by atoms with Gasteiger partial charge in [0, 0.05) is 33.9 Å². The molecule has 0 fully saturated rings. The van der Waals surface area contributed by atoms with Gasteiger partial charge in [-0.25, -0.2) is 9.97 Å². The van der Waals surface area contributed by atoms with Crippen LogP contribution in [0.5, 0.6) is 0 Å². The number of fused-ring (bicyclic) bond motifs is 18. The Bertz CT molecular complexity index is 3480. The third-order valence-corrected chi connectivity index (χ3v) is 12.5. The second kappa shape index (κ2) is 11.2. The van der Waals surface area contributed by atoms with Gasteiger partial charge in [0.05, 0.1) is 10.9 Å². The standard InChI is InChI=1S/C53H31N3O/c1-2-13-35-34(12-1)36-14-3-6-18-44(36)53(45-19-7-4-15-37(45)41-31-50-43(30-47(41)53)39-16-5-8-20-49(39)57-50)46-29-33(22-24-38(35)46)32-23-25-48-42(28-32)40-17-11-27-55-52(40)56(48)51-21-9-10-26-54-51/h1-31H. The SMILES string of the molecule is c1ccc(-n2c3ccc(-c4ccc5c(c4)C4(c6ccccc6-c6ccccc6-5)c5ccccc5-c5cc6oc7ccccc7c6cc54)cc3c3cccnc32)nc1. The number of hydrogen-bond acceptors (Lipinski definition) is 3. The van der Waals surface area contributed by atoms with Crippen LogP contribution in [0.2, 0.25) is 0 Å². The maximum Gasteiger partial charge on any atom is 0.146 e. The van der Waals surface area contributed by atoms with Gasteiger partial charge in [0.2, 0.25) is 0 Å². The Labute approximate surface area is 328 Å². The molecule has 4 aromatic heterocycles. The summed E-state index contributed by atoms with van der Waals surface area (Å²) in [5.74, 6) is 0.853. The fourth-order valence-electron chi connectivity index (χ4n) is 10.2. The van der Waals surface area contributed by atoms with E-state index in [1.54, 1.807) is 0 Å². The van der Waals surface area contributed by atoms with Crippen LogP contribution >= 0.6 is 0 Å². The number of rotatable bonds is 2. The zero-order valence-corrected chi connectivity index (χ0v) is 30.6. The van der Waals surface area contributed by atoms with Gasteiger partial charge in [-0.2, -0.15) is 0 Å². The quantitative estimate of drug-likeness (QED) is 0.178. The molecule has 57 heavy (non-hydrogen) atoms. The fraction of sp³-hybridized carbons (Fsp3) is 0.0189. The fourth-order valence-corrected chi connectivity index (χ4v) is 10.2. The largest absolute Gasteiger partial charge is 0.456 e. The molecule has 0 saturated carbocycles. The van der Waals surface area contributed by atoms with Gasteiger partial charge in [-0.05, 0) is 127 Å². The molecule has 0 amide bonds. The Kier molecular flexibility index (Phi) is 6.07.